The van der Waals surface area contributed by atoms with Crippen LogP contribution in [0.4, 0.5) is 0 Å². The predicted octanol–water partition coefficient (Wildman–Crippen LogP) is 1.62. The smallest absolute Gasteiger partial charge is 0.310 e. The summed E-state index contributed by atoms with van der Waals surface area (Å²) in [4.78, 5) is 10.8. The Labute approximate surface area is 73.0 Å². The van der Waals surface area contributed by atoms with Gasteiger partial charge in [0.25, 0.3) is 0 Å². The average molecular weight is 172 g/mol. The van der Waals surface area contributed by atoms with Crippen LogP contribution in [0.5, 0.6) is 0 Å². The maximum Gasteiger partial charge on any atom is 0.310 e. The third-order valence-electron chi connectivity index (χ3n) is 1.28. The lowest BCUT2D eigenvalue weighted by Gasteiger charge is -1.95. The number of allylic oxidation sites excluding steroid dienone is 1. The number of aliphatic hydroxyl groups is 1. The maximum absolute atomic E-state index is 10.8. The van der Waals surface area contributed by atoms with E-state index in [1.165, 1.54) is 6.26 Å². The van der Waals surface area contributed by atoms with Crippen molar-refractivity contribution in [2.24, 2.45) is 0 Å². The fraction of sp³-hybridized carbons (Fsp3) is 0.667. The van der Waals surface area contributed by atoms with E-state index in [-0.39, 0.29) is 12.6 Å². The largest absolute Gasteiger partial charge is 0.435 e. The summed E-state index contributed by atoms with van der Waals surface area (Å²) in [5.41, 5.74) is 0. The molecule has 3 nitrogen and oxygen atoms in total. The number of ether oxygens (including phenoxy) is 1. The van der Waals surface area contributed by atoms with E-state index in [0.29, 0.717) is 12.8 Å². The van der Waals surface area contributed by atoms with E-state index >= 15 is 0 Å². The van der Waals surface area contributed by atoms with Gasteiger partial charge in [0, 0.05) is 13.0 Å². The van der Waals surface area contributed by atoms with Crippen molar-refractivity contribution in [3.05, 3.63) is 12.3 Å². The first-order valence-electron chi connectivity index (χ1n) is 4.26. The molecule has 0 saturated heterocycles. The van der Waals surface area contributed by atoms with Gasteiger partial charge in [-0.05, 0) is 25.3 Å². The second kappa shape index (κ2) is 8.27. The summed E-state index contributed by atoms with van der Waals surface area (Å²) >= 11 is 0. The predicted molar refractivity (Wildman–Crippen MR) is 46.5 cm³/mol. The van der Waals surface area contributed by atoms with Gasteiger partial charge in [0.2, 0.25) is 0 Å². The molecule has 0 amide bonds. The molecule has 0 rings (SSSR count). The Balaban J connectivity index is 3.27. The minimum absolute atomic E-state index is 0.174. The van der Waals surface area contributed by atoms with Crippen molar-refractivity contribution in [2.45, 2.75) is 32.6 Å². The molecule has 0 atom stereocenters. The van der Waals surface area contributed by atoms with Crippen LogP contribution in [-0.2, 0) is 9.53 Å². The molecule has 0 radical (unpaired) electrons. The van der Waals surface area contributed by atoms with Crippen LogP contribution in [0.25, 0.3) is 0 Å². The first kappa shape index (κ1) is 11.2. The number of unbranched alkanes of at least 4 members (excludes halogenated alkanes) is 1. The summed E-state index contributed by atoms with van der Waals surface area (Å²) in [6.07, 6.45) is 5.86. The molecule has 1 N–H and O–H groups in total. The lowest BCUT2D eigenvalue weighted by Crippen LogP contribution is -1.97. The number of carbonyl (C=O) groups is 1. The Hall–Kier alpha value is -0.830. The second-order valence-electron chi connectivity index (χ2n) is 2.48. The van der Waals surface area contributed by atoms with E-state index < -0.39 is 0 Å². The number of esters is 1. The van der Waals surface area contributed by atoms with Crippen molar-refractivity contribution in [3.8, 4) is 0 Å². The normalized spacial score (nSPS) is 10.5. The van der Waals surface area contributed by atoms with E-state index in [4.69, 9.17) is 9.84 Å². The van der Waals surface area contributed by atoms with E-state index in [0.717, 1.165) is 12.8 Å². The molecule has 0 aromatic rings. The van der Waals surface area contributed by atoms with Crippen molar-refractivity contribution in [3.63, 3.8) is 0 Å². The van der Waals surface area contributed by atoms with Crippen LogP contribution >= 0.6 is 0 Å². The molecule has 0 bridgehead atoms. The highest BCUT2D eigenvalue weighted by molar-refractivity contribution is 5.69. The van der Waals surface area contributed by atoms with Crippen molar-refractivity contribution in [1.29, 1.82) is 0 Å². The van der Waals surface area contributed by atoms with E-state index in [9.17, 15) is 4.79 Å². The summed E-state index contributed by atoms with van der Waals surface area (Å²) < 4.78 is 4.73. The fourth-order valence-corrected chi connectivity index (χ4v) is 0.664. The van der Waals surface area contributed by atoms with Gasteiger partial charge in [-0.2, -0.15) is 0 Å². The number of aliphatic hydroxyl groups excluding tert-OH is 1. The number of hydrogen-bond acceptors (Lipinski definition) is 3. The van der Waals surface area contributed by atoms with Crippen molar-refractivity contribution in [1.82, 2.24) is 0 Å². The Morgan fingerprint density at radius 2 is 2.33 bits per heavy atom. The molecule has 0 unspecified atom stereocenters. The van der Waals surface area contributed by atoms with Crippen LogP contribution in [0.15, 0.2) is 12.3 Å². The second-order valence-corrected chi connectivity index (χ2v) is 2.48. The van der Waals surface area contributed by atoms with E-state index in [1.807, 2.05) is 6.92 Å². The zero-order valence-electron chi connectivity index (χ0n) is 7.45. The molecule has 0 aromatic heterocycles. The highest BCUT2D eigenvalue weighted by atomic mass is 16.5. The molecule has 0 aromatic carbocycles. The molecular weight excluding hydrogens is 156 g/mol. The Bertz CT molecular complexity index is 141. The van der Waals surface area contributed by atoms with Gasteiger partial charge in [-0.1, -0.05) is 6.92 Å². The van der Waals surface area contributed by atoms with Crippen LogP contribution in [0.2, 0.25) is 0 Å². The van der Waals surface area contributed by atoms with Crippen LogP contribution in [-0.4, -0.2) is 17.7 Å². The summed E-state index contributed by atoms with van der Waals surface area (Å²) in [6.45, 7) is 2.10. The monoisotopic (exact) mass is 172 g/mol. The third kappa shape index (κ3) is 7.28. The van der Waals surface area contributed by atoms with Gasteiger partial charge < -0.3 is 9.84 Å². The van der Waals surface area contributed by atoms with Gasteiger partial charge in [0.15, 0.2) is 0 Å². The highest BCUT2D eigenvalue weighted by Crippen LogP contribution is 1.94. The minimum Gasteiger partial charge on any atom is -0.435 e. The zero-order valence-corrected chi connectivity index (χ0v) is 7.45. The summed E-state index contributed by atoms with van der Waals surface area (Å²) in [5.74, 6) is -0.197. The standard InChI is InChI=1S/C9H16O3/c1-2-6-9(11)12-8-5-3-4-7-10/h5,8,10H,2-4,6-7H2,1H3. The number of hydrogen-bond donors (Lipinski definition) is 1. The number of rotatable bonds is 6. The van der Waals surface area contributed by atoms with Crippen molar-refractivity contribution >= 4 is 5.97 Å². The van der Waals surface area contributed by atoms with Crippen LogP contribution in [0, 0.1) is 0 Å². The van der Waals surface area contributed by atoms with Gasteiger partial charge >= 0.3 is 5.97 Å². The summed E-state index contributed by atoms with van der Waals surface area (Å²) in [7, 11) is 0. The molecule has 3 heteroatoms. The topological polar surface area (TPSA) is 46.5 Å². The molecule has 12 heavy (non-hydrogen) atoms. The SMILES string of the molecule is CCCC(=O)OC=CCCCO. The van der Waals surface area contributed by atoms with Crippen molar-refractivity contribution in [2.75, 3.05) is 6.61 Å². The molecule has 0 aliphatic heterocycles. The van der Waals surface area contributed by atoms with Gasteiger partial charge in [-0.25, -0.2) is 0 Å². The molecular formula is C9H16O3. The van der Waals surface area contributed by atoms with Crippen LogP contribution < -0.4 is 0 Å². The Morgan fingerprint density at radius 1 is 1.58 bits per heavy atom. The van der Waals surface area contributed by atoms with Gasteiger partial charge in [0.1, 0.15) is 0 Å². The Kier molecular flexibility index (Phi) is 7.70. The molecule has 0 spiro atoms. The molecule has 0 heterocycles. The van der Waals surface area contributed by atoms with Gasteiger partial charge in [0.05, 0.1) is 6.26 Å². The first-order valence-corrected chi connectivity index (χ1v) is 4.26. The van der Waals surface area contributed by atoms with Gasteiger partial charge in [-0.3, -0.25) is 4.79 Å². The molecule has 0 aliphatic carbocycles. The average Bonchev–Trinajstić information content (AvgIpc) is 2.05. The Morgan fingerprint density at radius 3 is 2.92 bits per heavy atom. The summed E-state index contributed by atoms with van der Waals surface area (Å²) in [6, 6.07) is 0. The molecule has 0 saturated carbocycles. The van der Waals surface area contributed by atoms with E-state index in [1.54, 1.807) is 6.08 Å². The van der Waals surface area contributed by atoms with E-state index in [2.05, 4.69) is 0 Å². The lowest BCUT2D eigenvalue weighted by molar-refractivity contribution is -0.138. The molecule has 0 fully saturated rings. The van der Waals surface area contributed by atoms with Crippen LogP contribution in [0.3, 0.4) is 0 Å². The quantitative estimate of drug-likeness (QED) is 0.376. The third-order valence-corrected chi connectivity index (χ3v) is 1.28. The number of carbonyl (C=O) groups excluding carboxylic acids is 1. The van der Waals surface area contributed by atoms with Gasteiger partial charge in [-0.15, -0.1) is 0 Å². The zero-order chi connectivity index (χ0) is 9.23. The fourth-order valence-electron chi connectivity index (χ4n) is 0.664. The highest BCUT2D eigenvalue weighted by Gasteiger charge is 1.95. The first-order chi connectivity index (χ1) is 5.81. The van der Waals surface area contributed by atoms with Crippen molar-refractivity contribution < 1.29 is 14.6 Å². The molecule has 0 aliphatic rings. The minimum atomic E-state index is -0.197. The maximum atomic E-state index is 10.8. The summed E-state index contributed by atoms with van der Waals surface area (Å²) in [5, 5.41) is 8.42. The molecule has 70 valence electrons. The lowest BCUT2D eigenvalue weighted by atomic mass is 10.3. The van der Waals surface area contributed by atoms with Crippen LogP contribution in [0.1, 0.15) is 32.6 Å².